The normalized spacial score (nSPS) is 31.6. The van der Waals surface area contributed by atoms with Crippen molar-refractivity contribution >= 4 is 29.0 Å². The number of rotatable bonds is 5. The second-order valence-electron chi connectivity index (χ2n) is 5.86. The Kier molecular flexibility index (Phi) is 4.21. The Labute approximate surface area is 155 Å². The number of aliphatic imine (C=N–C) groups is 1. The van der Waals surface area contributed by atoms with Crippen LogP contribution in [-0.2, 0) is 9.47 Å². The molecule has 0 saturated heterocycles. The number of fused-ring (bicyclic) bond motifs is 1. The van der Waals surface area contributed by atoms with Crippen LogP contribution in [0.5, 0.6) is 0 Å². The molecule has 0 unspecified atom stereocenters. The van der Waals surface area contributed by atoms with E-state index in [-0.39, 0.29) is 24.1 Å². The predicted molar refractivity (Wildman–Crippen MR) is 92.9 cm³/mol. The van der Waals surface area contributed by atoms with Crippen molar-refractivity contribution in [2.24, 2.45) is 21.6 Å². The van der Waals surface area contributed by atoms with Gasteiger partial charge in [0.2, 0.25) is 0 Å². The SMILES string of the molecule is CCOC1(OCC)N=C(N)[C@@]2(C#N)[C@H](c3cccc(Cl)c3Cl)[C@@]12C#N. The second-order valence-corrected chi connectivity index (χ2v) is 6.65. The number of amidine groups is 1. The van der Waals surface area contributed by atoms with Gasteiger partial charge in [-0.15, -0.1) is 0 Å². The van der Waals surface area contributed by atoms with Crippen LogP contribution in [0.15, 0.2) is 23.2 Å². The van der Waals surface area contributed by atoms with Gasteiger partial charge in [-0.05, 0) is 25.5 Å². The molecule has 6 nitrogen and oxygen atoms in total. The molecule has 1 fully saturated rings. The van der Waals surface area contributed by atoms with Crippen molar-refractivity contribution in [3.8, 4) is 12.1 Å². The topological polar surface area (TPSA) is 104 Å². The first-order chi connectivity index (χ1) is 11.9. The smallest absolute Gasteiger partial charge is 0.293 e. The molecule has 2 aliphatic rings. The molecule has 130 valence electrons. The van der Waals surface area contributed by atoms with E-state index in [1.807, 2.05) is 0 Å². The third-order valence-corrected chi connectivity index (χ3v) is 5.73. The van der Waals surface area contributed by atoms with E-state index in [0.29, 0.717) is 10.6 Å². The van der Waals surface area contributed by atoms with E-state index in [0.717, 1.165) is 0 Å². The lowest BCUT2D eigenvalue weighted by Gasteiger charge is -2.31. The number of nitrogens with zero attached hydrogens (tertiary/aromatic N) is 3. The molecule has 1 aliphatic heterocycles. The molecule has 1 heterocycles. The van der Waals surface area contributed by atoms with Gasteiger partial charge < -0.3 is 15.2 Å². The molecule has 1 aromatic carbocycles. The van der Waals surface area contributed by atoms with Crippen LogP contribution in [0.4, 0.5) is 0 Å². The summed E-state index contributed by atoms with van der Waals surface area (Å²) in [4.78, 5) is 4.27. The van der Waals surface area contributed by atoms with E-state index < -0.39 is 22.7 Å². The molecule has 0 amide bonds. The van der Waals surface area contributed by atoms with E-state index in [1.165, 1.54) is 0 Å². The Morgan fingerprint density at radius 2 is 1.84 bits per heavy atom. The van der Waals surface area contributed by atoms with Gasteiger partial charge in [0.1, 0.15) is 11.3 Å². The van der Waals surface area contributed by atoms with Crippen molar-refractivity contribution < 1.29 is 9.47 Å². The maximum atomic E-state index is 10.1. The highest BCUT2D eigenvalue weighted by Gasteiger charge is 2.94. The Hall–Kier alpha value is -1.83. The maximum Gasteiger partial charge on any atom is 0.293 e. The number of halogens is 2. The van der Waals surface area contributed by atoms with Crippen LogP contribution in [0.1, 0.15) is 25.3 Å². The summed E-state index contributed by atoms with van der Waals surface area (Å²) in [6.45, 7) is 3.98. The van der Waals surface area contributed by atoms with Crippen LogP contribution in [-0.4, -0.2) is 25.0 Å². The number of nitrogens with two attached hydrogens (primary N) is 1. The first-order valence-electron chi connectivity index (χ1n) is 7.82. The van der Waals surface area contributed by atoms with Crippen molar-refractivity contribution in [1.82, 2.24) is 0 Å². The Morgan fingerprint density at radius 3 is 2.36 bits per heavy atom. The minimum absolute atomic E-state index is 0.0134. The van der Waals surface area contributed by atoms with Crippen molar-refractivity contribution in [1.29, 1.82) is 10.5 Å². The van der Waals surface area contributed by atoms with Crippen molar-refractivity contribution in [3.05, 3.63) is 33.8 Å². The highest BCUT2D eigenvalue weighted by Crippen LogP contribution is 2.82. The van der Waals surface area contributed by atoms with E-state index >= 15 is 0 Å². The predicted octanol–water partition coefficient (Wildman–Crippen LogP) is 3.21. The molecular weight excluding hydrogens is 363 g/mol. The van der Waals surface area contributed by atoms with Crippen LogP contribution in [0.25, 0.3) is 0 Å². The average Bonchev–Trinajstić information content (AvgIpc) is 3.16. The summed E-state index contributed by atoms with van der Waals surface area (Å²) in [7, 11) is 0. The molecule has 2 N–H and O–H groups in total. The van der Waals surface area contributed by atoms with Crippen LogP contribution >= 0.6 is 23.2 Å². The summed E-state index contributed by atoms with van der Waals surface area (Å²) in [6, 6.07) is 9.48. The van der Waals surface area contributed by atoms with Gasteiger partial charge in [-0.25, -0.2) is 4.99 Å². The molecule has 3 atom stereocenters. The third-order valence-electron chi connectivity index (χ3n) is 4.90. The summed E-state index contributed by atoms with van der Waals surface area (Å²) in [5, 5.41) is 20.7. The van der Waals surface area contributed by atoms with Gasteiger partial charge in [0.05, 0.1) is 22.2 Å². The molecule has 8 heteroatoms. The lowest BCUT2D eigenvalue weighted by molar-refractivity contribution is -0.255. The van der Waals surface area contributed by atoms with Gasteiger partial charge in [0, 0.05) is 19.1 Å². The van der Waals surface area contributed by atoms with Crippen LogP contribution in [0.3, 0.4) is 0 Å². The monoisotopic (exact) mass is 378 g/mol. The number of nitriles is 2. The molecular formula is C17H16Cl2N4O2. The van der Waals surface area contributed by atoms with Gasteiger partial charge in [0.25, 0.3) is 5.91 Å². The molecule has 1 aromatic rings. The zero-order chi connectivity index (χ0) is 18.5. The number of hydrogen-bond acceptors (Lipinski definition) is 6. The minimum Gasteiger partial charge on any atom is -0.386 e. The maximum absolute atomic E-state index is 10.1. The number of hydrogen-bond donors (Lipinski definition) is 1. The molecule has 0 bridgehead atoms. The second kappa shape index (κ2) is 5.86. The zero-order valence-corrected chi connectivity index (χ0v) is 15.2. The summed E-state index contributed by atoms with van der Waals surface area (Å²) in [5.41, 5.74) is 3.87. The lowest BCUT2D eigenvalue weighted by atomic mass is 9.93. The molecule has 1 aliphatic carbocycles. The van der Waals surface area contributed by atoms with Crippen LogP contribution < -0.4 is 5.73 Å². The average molecular weight is 379 g/mol. The fourth-order valence-electron chi connectivity index (χ4n) is 3.96. The van der Waals surface area contributed by atoms with E-state index in [1.54, 1.807) is 32.0 Å². The summed E-state index contributed by atoms with van der Waals surface area (Å²) in [6.07, 6.45) is 0. The first-order valence-corrected chi connectivity index (χ1v) is 8.58. The van der Waals surface area contributed by atoms with Crippen LogP contribution in [0.2, 0.25) is 10.0 Å². The largest absolute Gasteiger partial charge is 0.386 e. The van der Waals surface area contributed by atoms with Gasteiger partial charge in [-0.2, -0.15) is 10.5 Å². The zero-order valence-electron chi connectivity index (χ0n) is 13.7. The van der Waals surface area contributed by atoms with Gasteiger partial charge >= 0.3 is 0 Å². The lowest BCUT2D eigenvalue weighted by Crippen LogP contribution is -2.43. The number of ether oxygens (including phenoxy) is 2. The van der Waals surface area contributed by atoms with Crippen molar-refractivity contribution in [3.63, 3.8) is 0 Å². The van der Waals surface area contributed by atoms with E-state index in [2.05, 4.69) is 17.1 Å². The fraction of sp³-hybridized carbons (Fsp3) is 0.471. The summed E-state index contributed by atoms with van der Waals surface area (Å²) in [5.74, 6) is -2.29. The highest BCUT2D eigenvalue weighted by atomic mass is 35.5. The molecule has 1 saturated carbocycles. The van der Waals surface area contributed by atoms with Gasteiger partial charge in [-0.3, -0.25) is 0 Å². The van der Waals surface area contributed by atoms with Crippen LogP contribution in [0, 0.1) is 33.5 Å². The fourth-order valence-corrected chi connectivity index (χ4v) is 4.38. The van der Waals surface area contributed by atoms with Crippen molar-refractivity contribution in [2.45, 2.75) is 25.7 Å². The van der Waals surface area contributed by atoms with Crippen molar-refractivity contribution in [2.75, 3.05) is 13.2 Å². The molecule has 25 heavy (non-hydrogen) atoms. The number of benzene rings is 1. The Balaban J connectivity index is 2.27. The summed E-state index contributed by atoms with van der Waals surface area (Å²) >= 11 is 12.5. The molecule has 0 spiro atoms. The standard InChI is InChI=1S/C17H16Cl2N4O2/c1-3-24-17(25-4-2)16(9-21)13(15(16,8-20)14(22)23-17)10-6-5-7-11(18)12(10)19/h5-7,13H,3-4H2,1-2H3,(H2,22,23)/t13-,15+,16+/m0/s1. The quantitative estimate of drug-likeness (QED) is 0.791. The molecule has 0 radical (unpaired) electrons. The summed E-state index contributed by atoms with van der Waals surface area (Å²) < 4.78 is 11.5. The Morgan fingerprint density at radius 1 is 1.20 bits per heavy atom. The molecule has 0 aromatic heterocycles. The van der Waals surface area contributed by atoms with E-state index in [9.17, 15) is 10.5 Å². The first kappa shape index (κ1) is 18.0. The molecule has 3 rings (SSSR count). The van der Waals surface area contributed by atoms with Gasteiger partial charge in [0.15, 0.2) is 5.41 Å². The minimum atomic E-state index is -1.65. The Bertz CT molecular complexity index is 838. The third kappa shape index (κ3) is 1.89. The van der Waals surface area contributed by atoms with E-state index in [4.69, 9.17) is 38.4 Å². The van der Waals surface area contributed by atoms with Gasteiger partial charge in [-0.1, -0.05) is 35.3 Å². The highest BCUT2D eigenvalue weighted by molar-refractivity contribution is 6.42.